The standard InChI is InChI=1S/C14H17FN2O.ClH/c15-11-3-1-2-10(8-11)12-9-17-13(18)14(12)4-6-16-7-5-14;/h1-3,8,12,16H,4-7,9H2,(H,17,18);1H. The van der Waals surface area contributed by atoms with E-state index in [0.717, 1.165) is 31.5 Å². The normalized spacial score (nSPS) is 24.9. The van der Waals surface area contributed by atoms with Gasteiger partial charge in [0.05, 0.1) is 5.41 Å². The number of nitrogens with one attached hydrogen (secondary N) is 2. The molecule has 1 atom stereocenters. The molecule has 0 radical (unpaired) electrons. The molecular formula is C14H18ClFN2O. The van der Waals surface area contributed by atoms with E-state index < -0.39 is 0 Å². The molecule has 0 saturated carbocycles. The number of carbonyl (C=O) groups is 1. The van der Waals surface area contributed by atoms with Gasteiger partial charge >= 0.3 is 0 Å². The second-order valence-corrected chi connectivity index (χ2v) is 5.22. The zero-order valence-corrected chi connectivity index (χ0v) is 11.4. The maximum Gasteiger partial charge on any atom is 0.227 e. The number of benzene rings is 1. The first-order chi connectivity index (χ1) is 8.72. The first kappa shape index (κ1) is 14.3. The third-order valence-electron chi connectivity index (χ3n) is 4.33. The summed E-state index contributed by atoms with van der Waals surface area (Å²) in [7, 11) is 0. The summed E-state index contributed by atoms with van der Waals surface area (Å²) < 4.78 is 13.4. The summed E-state index contributed by atoms with van der Waals surface area (Å²) in [5.74, 6) is 0.0111. The van der Waals surface area contributed by atoms with Gasteiger partial charge in [0.1, 0.15) is 5.82 Å². The molecule has 0 bridgehead atoms. The molecule has 3 nitrogen and oxygen atoms in total. The molecule has 3 rings (SSSR count). The SMILES string of the molecule is Cl.O=C1NCC(c2cccc(F)c2)C12CCNCC2. The monoisotopic (exact) mass is 284 g/mol. The van der Waals surface area contributed by atoms with Crippen molar-refractivity contribution in [1.82, 2.24) is 10.6 Å². The Balaban J connectivity index is 0.00000133. The zero-order valence-electron chi connectivity index (χ0n) is 10.6. The van der Waals surface area contributed by atoms with E-state index in [9.17, 15) is 9.18 Å². The van der Waals surface area contributed by atoms with Crippen molar-refractivity contribution in [3.8, 4) is 0 Å². The Morgan fingerprint density at radius 1 is 1.26 bits per heavy atom. The second-order valence-electron chi connectivity index (χ2n) is 5.22. The van der Waals surface area contributed by atoms with Crippen LogP contribution in [0.2, 0.25) is 0 Å². The van der Waals surface area contributed by atoms with Gasteiger partial charge in [-0.2, -0.15) is 0 Å². The average Bonchev–Trinajstić information content (AvgIpc) is 2.68. The van der Waals surface area contributed by atoms with Crippen LogP contribution >= 0.6 is 12.4 Å². The van der Waals surface area contributed by atoms with Crippen LogP contribution in [0, 0.1) is 11.2 Å². The summed E-state index contributed by atoms with van der Waals surface area (Å²) in [6.45, 7) is 2.35. The van der Waals surface area contributed by atoms with Crippen LogP contribution < -0.4 is 10.6 Å². The lowest BCUT2D eigenvalue weighted by Gasteiger charge is -2.36. The van der Waals surface area contributed by atoms with Gasteiger partial charge in [-0.1, -0.05) is 12.1 Å². The smallest absolute Gasteiger partial charge is 0.227 e. The second kappa shape index (κ2) is 5.47. The van der Waals surface area contributed by atoms with Gasteiger partial charge < -0.3 is 10.6 Å². The molecular weight excluding hydrogens is 267 g/mol. The Morgan fingerprint density at radius 2 is 2.00 bits per heavy atom. The molecule has 0 aromatic heterocycles. The van der Waals surface area contributed by atoms with Crippen LogP contribution in [0.25, 0.3) is 0 Å². The molecule has 104 valence electrons. The van der Waals surface area contributed by atoms with Crippen LogP contribution in [0.3, 0.4) is 0 Å². The van der Waals surface area contributed by atoms with Gasteiger partial charge in [0.2, 0.25) is 5.91 Å². The summed E-state index contributed by atoms with van der Waals surface area (Å²) in [5, 5.41) is 6.24. The first-order valence-electron chi connectivity index (χ1n) is 6.47. The Kier molecular flexibility index (Phi) is 4.11. The van der Waals surface area contributed by atoms with Gasteiger partial charge in [-0.15, -0.1) is 12.4 Å². The Labute approximate surface area is 118 Å². The van der Waals surface area contributed by atoms with E-state index in [0.29, 0.717) is 6.54 Å². The molecule has 19 heavy (non-hydrogen) atoms. The lowest BCUT2D eigenvalue weighted by Crippen LogP contribution is -2.44. The molecule has 2 heterocycles. The molecule has 5 heteroatoms. The van der Waals surface area contributed by atoms with Crippen molar-refractivity contribution >= 4 is 18.3 Å². The molecule has 2 aliphatic heterocycles. The molecule has 2 N–H and O–H groups in total. The summed E-state index contributed by atoms with van der Waals surface area (Å²) in [5.41, 5.74) is 0.606. The number of rotatable bonds is 1. The minimum atomic E-state index is -0.334. The average molecular weight is 285 g/mol. The molecule has 2 fully saturated rings. The maximum absolute atomic E-state index is 13.4. The van der Waals surface area contributed by atoms with Crippen LogP contribution in [-0.2, 0) is 4.79 Å². The minimum absolute atomic E-state index is 0. The number of halogens is 2. The molecule has 2 saturated heterocycles. The minimum Gasteiger partial charge on any atom is -0.355 e. The molecule has 0 aliphatic carbocycles. The summed E-state index contributed by atoms with van der Waals surface area (Å²) >= 11 is 0. The van der Waals surface area contributed by atoms with Crippen molar-refractivity contribution in [2.24, 2.45) is 5.41 Å². The first-order valence-corrected chi connectivity index (χ1v) is 6.47. The molecule has 1 unspecified atom stereocenters. The highest BCUT2D eigenvalue weighted by atomic mass is 35.5. The predicted octanol–water partition coefficient (Wildman–Crippen LogP) is 1.83. The van der Waals surface area contributed by atoms with Crippen molar-refractivity contribution in [2.75, 3.05) is 19.6 Å². The van der Waals surface area contributed by atoms with Gasteiger partial charge in [0.15, 0.2) is 0 Å². The highest BCUT2D eigenvalue weighted by Gasteiger charge is 2.50. The lowest BCUT2D eigenvalue weighted by molar-refractivity contribution is -0.129. The van der Waals surface area contributed by atoms with Crippen molar-refractivity contribution < 1.29 is 9.18 Å². The summed E-state index contributed by atoms with van der Waals surface area (Å²) in [6.07, 6.45) is 1.67. The Hall–Kier alpha value is -1.13. The fourth-order valence-electron chi connectivity index (χ4n) is 3.33. The number of piperidine rings is 1. The Morgan fingerprint density at radius 3 is 2.68 bits per heavy atom. The zero-order chi connectivity index (χ0) is 12.6. The molecule has 1 spiro atoms. The highest BCUT2D eigenvalue weighted by molar-refractivity contribution is 5.86. The quantitative estimate of drug-likeness (QED) is 0.826. The van der Waals surface area contributed by atoms with E-state index >= 15 is 0 Å². The number of amides is 1. The molecule has 2 aliphatic rings. The van der Waals surface area contributed by atoms with Crippen molar-refractivity contribution in [2.45, 2.75) is 18.8 Å². The van der Waals surface area contributed by atoms with Gasteiger partial charge in [0.25, 0.3) is 0 Å². The van der Waals surface area contributed by atoms with E-state index in [1.165, 1.54) is 6.07 Å². The summed E-state index contributed by atoms with van der Waals surface area (Å²) in [4.78, 5) is 12.2. The largest absolute Gasteiger partial charge is 0.355 e. The van der Waals surface area contributed by atoms with E-state index in [4.69, 9.17) is 0 Å². The van der Waals surface area contributed by atoms with Gasteiger partial charge in [-0.25, -0.2) is 4.39 Å². The molecule has 1 aromatic rings. The topological polar surface area (TPSA) is 41.1 Å². The fraction of sp³-hybridized carbons (Fsp3) is 0.500. The Bertz CT molecular complexity index is 474. The van der Waals surface area contributed by atoms with Crippen LogP contribution in [0.1, 0.15) is 24.3 Å². The van der Waals surface area contributed by atoms with Crippen molar-refractivity contribution in [3.63, 3.8) is 0 Å². The third-order valence-corrected chi connectivity index (χ3v) is 4.33. The van der Waals surface area contributed by atoms with Crippen molar-refractivity contribution in [3.05, 3.63) is 35.6 Å². The summed E-state index contributed by atoms with van der Waals surface area (Å²) in [6, 6.07) is 6.66. The van der Waals surface area contributed by atoms with Gasteiger partial charge in [0, 0.05) is 12.5 Å². The van der Waals surface area contributed by atoms with E-state index in [-0.39, 0.29) is 35.5 Å². The fourth-order valence-corrected chi connectivity index (χ4v) is 3.33. The predicted molar refractivity (Wildman–Crippen MR) is 73.9 cm³/mol. The van der Waals surface area contributed by atoms with E-state index in [1.807, 2.05) is 6.07 Å². The lowest BCUT2D eigenvalue weighted by atomic mass is 9.68. The van der Waals surface area contributed by atoms with Crippen LogP contribution in [-0.4, -0.2) is 25.5 Å². The number of hydrogen-bond donors (Lipinski definition) is 2. The van der Waals surface area contributed by atoms with Crippen LogP contribution in [0.15, 0.2) is 24.3 Å². The molecule has 1 aromatic carbocycles. The molecule has 1 amide bonds. The van der Waals surface area contributed by atoms with Gasteiger partial charge in [-0.05, 0) is 43.6 Å². The van der Waals surface area contributed by atoms with Gasteiger partial charge in [-0.3, -0.25) is 4.79 Å². The highest BCUT2D eigenvalue weighted by Crippen LogP contribution is 2.46. The van der Waals surface area contributed by atoms with Crippen molar-refractivity contribution in [1.29, 1.82) is 0 Å². The third kappa shape index (κ3) is 2.35. The van der Waals surface area contributed by atoms with Crippen LogP contribution in [0.5, 0.6) is 0 Å². The number of hydrogen-bond acceptors (Lipinski definition) is 2. The maximum atomic E-state index is 13.4. The van der Waals surface area contributed by atoms with E-state index in [1.54, 1.807) is 12.1 Å². The van der Waals surface area contributed by atoms with Crippen LogP contribution in [0.4, 0.5) is 4.39 Å². The number of carbonyl (C=O) groups excluding carboxylic acids is 1. The van der Waals surface area contributed by atoms with E-state index in [2.05, 4.69) is 10.6 Å².